The van der Waals surface area contributed by atoms with E-state index in [1.54, 1.807) is 0 Å². The van der Waals surface area contributed by atoms with Crippen LogP contribution in [0.2, 0.25) is 0 Å². The summed E-state index contributed by atoms with van der Waals surface area (Å²) in [6, 6.07) is 8.63. The Bertz CT molecular complexity index is 725. The zero-order chi connectivity index (χ0) is 17.3. The SMILES string of the molecule is Cc1nnc2n1CCN(C(=O)CCc1ccc(C(C)(C)C)cc1)C2. The summed E-state index contributed by atoms with van der Waals surface area (Å²) in [5.41, 5.74) is 2.70. The molecular weight excluding hydrogens is 300 g/mol. The monoisotopic (exact) mass is 326 g/mol. The minimum absolute atomic E-state index is 0.163. The Morgan fingerprint density at radius 3 is 2.50 bits per heavy atom. The molecule has 3 rings (SSSR count). The van der Waals surface area contributed by atoms with Gasteiger partial charge in [-0.15, -0.1) is 10.2 Å². The van der Waals surface area contributed by atoms with Gasteiger partial charge in [0.1, 0.15) is 5.82 Å². The predicted octanol–water partition coefficient (Wildman–Crippen LogP) is 2.86. The first-order chi connectivity index (χ1) is 11.3. The van der Waals surface area contributed by atoms with Gasteiger partial charge < -0.3 is 9.47 Å². The number of hydrogen-bond donors (Lipinski definition) is 0. The first-order valence-electron chi connectivity index (χ1n) is 8.60. The van der Waals surface area contributed by atoms with Gasteiger partial charge in [-0.1, -0.05) is 45.0 Å². The molecule has 0 aliphatic carbocycles. The van der Waals surface area contributed by atoms with Gasteiger partial charge >= 0.3 is 0 Å². The minimum Gasteiger partial charge on any atom is -0.333 e. The fraction of sp³-hybridized carbons (Fsp3) is 0.526. The van der Waals surface area contributed by atoms with E-state index in [9.17, 15) is 4.79 Å². The van der Waals surface area contributed by atoms with Gasteiger partial charge in [-0.2, -0.15) is 0 Å². The van der Waals surface area contributed by atoms with Crippen LogP contribution in [0.25, 0.3) is 0 Å². The Hall–Kier alpha value is -2.17. The summed E-state index contributed by atoms with van der Waals surface area (Å²) in [6.45, 7) is 10.7. The number of rotatable bonds is 3. The fourth-order valence-corrected chi connectivity index (χ4v) is 3.10. The lowest BCUT2D eigenvalue weighted by Gasteiger charge is -2.27. The maximum atomic E-state index is 12.5. The van der Waals surface area contributed by atoms with Gasteiger partial charge in [-0.05, 0) is 29.9 Å². The van der Waals surface area contributed by atoms with Gasteiger partial charge in [0, 0.05) is 19.5 Å². The third-order valence-electron chi connectivity index (χ3n) is 4.74. The highest BCUT2D eigenvalue weighted by Crippen LogP contribution is 2.22. The summed E-state index contributed by atoms with van der Waals surface area (Å²) in [5, 5.41) is 8.25. The molecule has 1 aliphatic rings. The van der Waals surface area contributed by atoms with Gasteiger partial charge in [0.25, 0.3) is 0 Å². The van der Waals surface area contributed by atoms with E-state index >= 15 is 0 Å². The molecule has 1 aromatic carbocycles. The summed E-state index contributed by atoms with van der Waals surface area (Å²) in [4.78, 5) is 14.4. The summed E-state index contributed by atoms with van der Waals surface area (Å²) < 4.78 is 2.09. The standard InChI is InChI=1S/C19H26N4O/c1-14-20-21-17-13-22(11-12-23(14)17)18(24)10-7-15-5-8-16(9-6-15)19(2,3)4/h5-6,8-9H,7,10-13H2,1-4H3. The van der Waals surface area contributed by atoms with Crippen molar-refractivity contribution in [3.05, 3.63) is 47.0 Å². The van der Waals surface area contributed by atoms with Gasteiger partial charge in [-0.25, -0.2) is 0 Å². The Labute approximate surface area is 143 Å². The molecule has 0 saturated carbocycles. The van der Waals surface area contributed by atoms with Crippen LogP contribution in [0.1, 0.15) is 50.0 Å². The quantitative estimate of drug-likeness (QED) is 0.871. The molecule has 0 fully saturated rings. The van der Waals surface area contributed by atoms with Gasteiger partial charge in [0.2, 0.25) is 5.91 Å². The average molecular weight is 326 g/mol. The highest BCUT2D eigenvalue weighted by atomic mass is 16.2. The van der Waals surface area contributed by atoms with E-state index in [1.807, 2.05) is 11.8 Å². The number of carbonyl (C=O) groups excluding carboxylic acids is 1. The number of amides is 1. The smallest absolute Gasteiger partial charge is 0.223 e. The number of aromatic nitrogens is 3. The lowest BCUT2D eigenvalue weighted by Crippen LogP contribution is -2.38. The molecule has 0 radical (unpaired) electrons. The summed E-state index contributed by atoms with van der Waals surface area (Å²) in [5.74, 6) is 2.01. The third kappa shape index (κ3) is 3.50. The molecule has 2 aromatic rings. The number of carbonyl (C=O) groups is 1. The van der Waals surface area contributed by atoms with Crippen molar-refractivity contribution in [3.8, 4) is 0 Å². The van der Waals surface area contributed by atoms with E-state index in [2.05, 4.69) is 59.8 Å². The van der Waals surface area contributed by atoms with Crippen LogP contribution in [0.3, 0.4) is 0 Å². The molecule has 0 unspecified atom stereocenters. The normalized spacial score (nSPS) is 14.6. The maximum Gasteiger partial charge on any atom is 0.223 e. The number of fused-ring (bicyclic) bond motifs is 1. The summed E-state index contributed by atoms with van der Waals surface area (Å²) in [6.07, 6.45) is 1.33. The Kier molecular flexibility index (Phi) is 4.43. The molecule has 0 saturated heterocycles. The van der Waals surface area contributed by atoms with Gasteiger partial charge in [0.15, 0.2) is 5.82 Å². The zero-order valence-corrected chi connectivity index (χ0v) is 15.0. The van der Waals surface area contributed by atoms with Crippen LogP contribution in [-0.2, 0) is 29.7 Å². The molecule has 1 aliphatic heterocycles. The minimum atomic E-state index is 0.163. The zero-order valence-electron chi connectivity index (χ0n) is 15.0. The van der Waals surface area contributed by atoms with E-state index < -0.39 is 0 Å². The van der Waals surface area contributed by atoms with E-state index in [4.69, 9.17) is 0 Å². The average Bonchev–Trinajstić information content (AvgIpc) is 2.93. The van der Waals surface area contributed by atoms with E-state index in [-0.39, 0.29) is 11.3 Å². The van der Waals surface area contributed by atoms with Crippen LogP contribution in [0, 0.1) is 6.92 Å². The molecule has 128 valence electrons. The molecule has 1 aromatic heterocycles. The highest BCUT2D eigenvalue weighted by molar-refractivity contribution is 5.76. The molecule has 1 amide bonds. The Balaban J connectivity index is 1.56. The van der Waals surface area contributed by atoms with Crippen LogP contribution in [0.4, 0.5) is 0 Å². The summed E-state index contributed by atoms with van der Waals surface area (Å²) >= 11 is 0. The van der Waals surface area contributed by atoms with Crippen molar-refractivity contribution < 1.29 is 4.79 Å². The second-order valence-corrected chi connectivity index (χ2v) is 7.58. The van der Waals surface area contributed by atoms with Crippen molar-refractivity contribution in [1.82, 2.24) is 19.7 Å². The van der Waals surface area contributed by atoms with Crippen molar-refractivity contribution in [2.24, 2.45) is 0 Å². The number of aryl methyl sites for hydroxylation is 2. The molecule has 0 bridgehead atoms. The molecule has 5 nitrogen and oxygen atoms in total. The number of hydrogen-bond acceptors (Lipinski definition) is 3. The molecule has 2 heterocycles. The highest BCUT2D eigenvalue weighted by Gasteiger charge is 2.23. The van der Waals surface area contributed by atoms with Crippen molar-refractivity contribution in [1.29, 1.82) is 0 Å². The van der Waals surface area contributed by atoms with Crippen molar-refractivity contribution in [3.63, 3.8) is 0 Å². The lowest BCUT2D eigenvalue weighted by molar-refractivity contribution is -0.132. The summed E-state index contributed by atoms with van der Waals surface area (Å²) in [7, 11) is 0. The number of benzene rings is 1. The molecule has 0 atom stereocenters. The molecule has 0 N–H and O–H groups in total. The van der Waals surface area contributed by atoms with Crippen LogP contribution < -0.4 is 0 Å². The van der Waals surface area contributed by atoms with Crippen LogP contribution >= 0.6 is 0 Å². The topological polar surface area (TPSA) is 51.0 Å². The second kappa shape index (κ2) is 6.38. The maximum absolute atomic E-state index is 12.5. The van der Waals surface area contributed by atoms with Crippen molar-refractivity contribution in [2.75, 3.05) is 6.54 Å². The van der Waals surface area contributed by atoms with E-state index in [0.29, 0.717) is 13.0 Å². The first-order valence-corrected chi connectivity index (χ1v) is 8.60. The second-order valence-electron chi connectivity index (χ2n) is 7.58. The molecule has 0 spiro atoms. The van der Waals surface area contributed by atoms with E-state index in [0.717, 1.165) is 31.2 Å². The molecular formula is C19H26N4O. The third-order valence-corrected chi connectivity index (χ3v) is 4.74. The predicted molar refractivity (Wildman–Crippen MR) is 93.6 cm³/mol. The number of nitrogens with zero attached hydrogens (tertiary/aromatic N) is 4. The largest absolute Gasteiger partial charge is 0.333 e. The van der Waals surface area contributed by atoms with Crippen molar-refractivity contribution in [2.45, 2.75) is 59.0 Å². The Morgan fingerprint density at radius 1 is 1.12 bits per heavy atom. The lowest BCUT2D eigenvalue weighted by atomic mass is 9.86. The van der Waals surface area contributed by atoms with Crippen LogP contribution in [0.5, 0.6) is 0 Å². The fourth-order valence-electron chi connectivity index (χ4n) is 3.10. The van der Waals surface area contributed by atoms with Gasteiger partial charge in [-0.3, -0.25) is 4.79 Å². The van der Waals surface area contributed by atoms with Crippen LogP contribution in [-0.4, -0.2) is 32.1 Å². The van der Waals surface area contributed by atoms with Gasteiger partial charge in [0.05, 0.1) is 6.54 Å². The Morgan fingerprint density at radius 2 is 1.83 bits per heavy atom. The van der Waals surface area contributed by atoms with E-state index in [1.165, 1.54) is 11.1 Å². The molecule has 24 heavy (non-hydrogen) atoms. The first kappa shape index (κ1) is 16.7. The van der Waals surface area contributed by atoms with Crippen LogP contribution in [0.15, 0.2) is 24.3 Å². The van der Waals surface area contributed by atoms with Crippen molar-refractivity contribution >= 4 is 5.91 Å². The molecule has 5 heteroatoms.